The topological polar surface area (TPSA) is 61.9 Å². The van der Waals surface area contributed by atoms with Gasteiger partial charge in [-0.2, -0.15) is 0 Å². The standard InChI is InChI=1S/C27H25N3O3S2/c1-18-6-4-5-7-23(18)28-25(31)17-33-22-14-8-19(9-15-22)16-24-26(32)30(27(34)35-24)21-12-10-20(11-13-21)29(2)3/h4-16H,17H2,1-3H3,(H,28,31)/b24-16+. The minimum atomic E-state index is -0.231. The lowest BCUT2D eigenvalue weighted by molar-refractivity contribution is -0.118. The maximum atomic E-state index is 13.0. The summed E-state index contributed by atoms with van der Waals surface area (Å²) in [6.07, 6.45) is 1.81. The smallest absolute Gasteiger partial charge is 0.270 e. The van der Waals surface area contributed by atoms with Crippen LogP contribution in [0, 0.1) is 6.92 Å². The highest BCUT2D eigenvalue weighted by Gasteiger charge is 2.33. The molecule has 1 N–H and O–H groups in total. The Labute approximate surface area is 214 Å². The van der Waals surface area contributed by atoms with Crippen molar-refractivity contribution < 1.29 is 14.3 Å². The zero-order valence-electron chi connectivity index (χ0n) is 19.6. The molecule has 0 radical (unpaired) electrons. The molecular weight excluding hydrogens is 478 g/mol. The molecule has 1 heterocycles. The molecule has 2 amide bonds. The molecule has 1 aliphatic heterocycles. The molecule has 0 saturated carbocycles. The van der Waals surface area contributed by atoms with Crippen LogP contribution in [0.4, 0.5) is 17.1 Å². The molecule has 0 aliphatic carbocycles. The van der Waals surface area contributed by atoms with E-state index in [1.54, 1.807) is 17.0 Å². The molecule has 6 nitrogen and oxygen atoms in total. The number of aryl methyl sites for hydroxylation is 1. The number of nitrogens with zero attached hydrogens (tertiary/aromatic N) is 2. The number of thioether (sulfide) groups is 1. The predicted octanol–water partition coefficient (Wildman–Crippen LogP) is 5.48. The van der Waals surface area contributed by atoms with E-state index in [0.717, 1.165) is 28.2 Å². The van der Waals surface area contributed by atoms with E-state index < -0.39 is 0 Å². The summed E-state index contributed by atoms with van der Waals surface area (Å²) in [5.41, 5.74) is 4.38. The van der Waals surface area contributed by atoms with Gasteiger partial charge in [0.15, 0.2) is 10.9 Å². The van der Waals surface area contributed by atoms with E-state index in [0.29, 0.717) is 15.0 Å². The zero-order chi connectivity index (χ0) is 24.9. The Kier molecular flexibility index (Phi) is 7.53. The molecule has 4 rings (SSSR count). The number of hydrogen-bond acceptors (Lipinski definition) is 6. The van der Waals surface area contributed by atoms with Gasteiger partial charge < -0.3 is 15.0 Å². The molecule has 178 valence electrons. The van der Waals surface area contributed by atoms with Gasteiger partial charge >= 0.3 is 0 Å². The molecule has 0 unspecified atom stereocenters. The van der Waals surface area contributed by atoms with Gasteiger partial charge in [0.2, 0.25) is 0 Å². The van der Waals surface area contributed by atoms with Crippen molar-refractivity contribution >= 4 is 63.3 Å². The van der Waals surface area contributed by atoms with Gasteiger partial charge in [-0.1, -0.05) is 54.3 Å². The highest BCUT2D eigenvalue weighted by Crippen LogP contribution is 2.36. The first-order chi connectivity index (χ1) is 16.8. The molecule has 0 spiro atoms. The number of rotatable bonds is 7. The lowest BCUT2D eigenvalue weighted by Crippen LogP contribution is -2.27. The minimum absolute atomic E-state index is 0.0983. The van der Waals surface area contributed by atoms with E-state index >= 15 is 0 Å². The van der Waals surface area contributed by atoms with Crippen LogP contribution in [-0.2, 0) is 9.59 Å². The summed E-state index contributed by atoms with van der Waals surface area (Å²) in [6.45, 7) is 1.84. The van der Waals surface area contributed by atoms with Crippen LogP contribution in [0.2, 0.25) is 0 Å². The highest BCUT2D eigenvalue weighted by atomic mass is 32.2. The molecular formula is C27H25N3O3S2. The first kappa shape index (κ1) is 24.5. The second kappa shape index (κ2) is 10.8. The molecule has 1 aliphatic rings. The van der Waals surface area contributed by atoms with E-state index in [4.69, 9.17) is 17.0 Å². The summed E-state index contributed by atoms with van der Waals surface area (Å²) in [5, 5.41) is 2.84. The number of carbonyl (C=O) groups excluding carboxylic acids is 2. The Morgan fingerprint density at radius 1 is 1.06 bits per heavy atom. The first-order valence-electron chi connectivity index (χ1n) is 11.0. The maximum absolute atomic E-state index is 13.0. The Morgan fingerprint density at radius 3 is 2.40 bits per heavy atom. The Bertz CT molecular complexity index is 1290. The van der Waals surface area contributed by atoms with Crippen molar-refractivity contribution in [2.45, 2.75) is 6.92 Å². The quantitative estimate of drug-likeness (QED) is 0.340. The van der Waals surface area contributed by atoms with Crippen LogP contribution < -0.4 is 19.9 Å². The second-order valence-corrected chi connectivity index (χ2v) is 9.82. The van der Waals surface area contributed by atoms with Gasteiger partial charge in [0.1, 0.15) is 5.75 Å². The largest absolute Gasteiger partial charge is 0.484 e. The summed E-state index contributed by atoms with van der Waals surface area (Å²) >= 11 is 6.75. The maximum Gasteiger partial charge on any atom is 0.270 e. The fraction of sp³-hybridized carbons (Fsp3) is 0.148. The van der Waals surface area contributed by atoms with Crippen molar-refractivity contribution in [1.29, 1.82) is 0 Å². The van der Waals surface area contributed by atoms with Crippen LogP contribution in [0.5, 0.6) is 5.75 Å². The average molecular weight is 504 g/mol. The summed E-state index contributed by atoms with van der Waals surface area (Å²) < 4.78 is 6.11. The summed E-state index contributed by atoms with van der Waals surface area (Å²) in [4.78, 5) is 29.3. The van der Waals surface area contributed by atoms with Crippen molar-refractivity contribution in [3.63, 3.8) is 0 Å². The molecule has 0 bridgehead atoms. The van der Waals surface area contributed by atoms with Gasteiger partial charge in [0.05, 0.1) is 10.6 Å². The van der Waals surface area contributed by atoms with Gasteiger partial charge in [-0.15, -0.1) is 0 Å². The summed E-state index contributed by atoms with van der Waals surface area (Å²) in [7, 11) is 3.93. The van der Waals surface area contributed by atoms with Gasteiger partial charge in [-0.3, -0.25) is 14.5 Å². The lowest BCUT2D eigenvalue weighted by Gasteiger charge is -2.17. The summed E-state index contributed by atoms with van der Waals surface area (Å²) in [5.74, 6) is 0.187. The predicted molar refractivity (Wildman–Crippen MR) is 148 cm³/mol. The number of amides is 2. The van der Waals surface area contributed by atoms with E-state index in [9.17, 15) is 9.59 Å². The van der Waals surface area contributed by atoms with E-state index in [1.807, 2.05) is 92.7 Å². The van der Waals surface area contributed by atoms with Crippen molar-refractivity contribution in [1.82, 2.24) is 0 Å². The van der Waals surface area contributed by atoms with E-state index in [2.05, 4.69) is 5.32 Å². The number of para-hydroxylation sites is 1. The zero-order valence-corrected chi connectivity index (χ0v) is 21.3. The van der Waals surface area contributed by atoms with Crippen LogP contribution in [0.15, 0.2) is 77.7 Å². The van der Waals surface area contributed by atoms with Gasteiger partial charge in [-0.25, -0.2) is 0 Å². The number of nitrogens with one attached hydrogen (secondary N) is 1. The normalized spacial score (nSPS) is 14.4. The Morgan fingerprint density at radius 2 is 1.74 bits per heavy atom. The van der Waals surface area contributed by atoms with Crippen LogP contribution in [0.3, 0.4) is 0 Å². The number of hydrogen-bond donors (Lipinski definition) is 1. The number of thiocarbonyl (C=S) groups is 1. The van der Waals surface area contributed by atoms with Crippen molar-refractivity contribution in [3.05, 3.63) is 88.8 Å². The molecule has 0 aromatic heterocycles. The third kappa shape index (κ3) is 5.90. The van der Waals surface area contributed by atoms with Crippen LogP contribution in [0.25, 0.3) is 6.08 Å². The minimum Gasteiger partial charge on any atom is -0.484 e. The third-order valence-electron chi connectivity index (χ3n) is 5.38. The van der Waals surface area contributed by atoms with Gasteiger partial charge in [0.25, 0.3) is 11.8 Å². The average Bonchev–Trinajstić information content (AvgIpc) is 3.12. The van der Waals surface area contributed by atoms with E-state index in [1.165, 1.54) is 11.8 Å². The van der Waals surface area contributed by atoms with Crippen molar-refractivity contribution in [2.24, 2.45) is 0 Å². The lowest BCUT2D eigenvalue weighted by atomic mass is 10.2. The van der Waals surface area contributed by atoms with Gasteiger partial charge in [-0.05, 0) is 66.6 Å². The SMILES string of the molecule is Cc1ccccc1NC(=O)COc1ccc(/C=C2/SC(=S)N(c3ccc(N(C)C)cc3)C2=O)cc1. The monoisotopic (exact) mass is 503 g/mol. The highest BCUT2D eigenvalue weighted by molar-refractivity contribution is 8.27. The first-order valence-corrected chi connectivity index (χ1v) is 12.2. The Balaban J connectivity index is 1.37. The molecule has 0 atom stereocenters. The fourth-order valence-corrected chi connectivity index (χ4v) is 4.75. The molecule has 35 heavy (non-hydrogen) atoms. The van der Waals surface area contributed by atoms with Crippen molar-refractivity contribution in [2.75, 3.05) is 35.8 Å². The molecule has 8 heteroatoms. The van der Waals surface area contributed by atoms with E-state index in [-0.39, 0.29) is 18.4 Å². The van der Waals surface area contributed by atoms with Crippen LogP contribution in [0.1, 0.15) is 11.1 Å². The summed E-state index contributed by atoms with van der Waals surface area (Å²) in [6, 6.07) is 22.5. The third-order valence-corrected chi connectivity index (χ3v) is 6.69. The number of benzene rings is 3. The molecule has 3 aromatic carbocycles. The number of ether oxygens (including phenoxy) is 1. The van der Waals surface area contributed by atoms with Crippen molar-refractivity contribution in [3.8, 4) is 5.75 Å². The second-order valence-electron chi connectivity index (χ2n) is 8.15. The fourth-order valence-electron chi connectivity index (χ4n) is 3.45. The molecule has 3 aromatic rings. The van der Waals surface area contributed by atoms with Crippen LogP contribution in [-0.4, -0.2) is 36.8 Å². The number of anilines is 3. The molecule has 1 fully saturated rings. The number of carbonyl (C=O) groups is 2. The van der Waals surface area contributed by atoms with Crippen LogP contribution >= 0.6 is 24.0 Å². The van der Waals surface area contributed by atoms with Gasteiger partial charge in [0, 0.05) is 25.5 Å². The molecule has 1 saturated heterocycles. The Hall–Kier alpha value is -3.62.